The quantitative estimate of drug-likeness (QED) is 0.936. The van der Waals surface area contributed by atoms with E-state index in [2.05, 4.69) is 15.3 Å². The van der Waals surface area contributed by atoms with Gasteiger partial charge < -0.3 is 10.2 Å². The predicted molar refractivity (Wildman–Crippen MR) is 93.0 cm³/mol. The zero-order chi connectivity index (χ0) is 17.9. The van der Waals surface area contributed by atoms with Gasteiger partial charge in [0.2, 0.25) is 5.91 Å². The fourth-order valence-corrected chi connectivity index (χ4v) is 2.54. The van der Waals surface area contributed by atoms with Crippen molar-refractivity contribution in [2.24, 2.45) is 0 Å². The van der Waals surface area contributed by atoms with E-state index in [4.69, 9.17) is 0 Å². The van der Waals surface area contributed by atoms with Crippen molar-refractivity contribution in [3.8, 4) is 0 Å². The summed E-state index contributed by atoms with van der Waals surface area (Å²) < 4.78 is 0. The molecule has 0 aliphatic rings. The predicted octanol–water partition coefficient (Wildman–Crippen LogP) is 2.42. The van der Waals surface area contributed by atoms with Gasteiger partial charge in [-0.2, -0.15) is 0 Å². The molecule has 0 bridgehead atoms. The molecule has 0 spiro atoms. The molecule has 2 aromatic rings. The fraction of sp³-hybridized carbons (Fsp3) is 0.333. The smallest absolute Gasteiger partial charge is 0.274 e. The number of hydrogen-bond acceptors (Lipinski definition) is 4. The van der Waals surface area contributed by atoms with Crippen LogP contribution in [0.25, 0.3) is 0 Å². The first-order valence-corrected chi connectivity index (χ1v) is 7.69. The van der Waals surface area contributed by atoms with Crippen molar-refractivity contribution in [3.63, 3.8) is 0 Å². The van der Waals surface area contributed by atoms with Crippen molar-refractivity contribution < 1.29 is 9.59 Å². The summed E-state index contributed by atoms with van der Waals surface area (Å²) in [5.74, 6) is -0.587. The molecule has 0 aliphatic carbocycles. The lowest BCUT2D eigenvalue weighted by Gasteiger charge is -2.18. The average molecular weight is 326 g/mol. The highest BCUT2D eigenvalue weighted by atomic mass is 16.2. The number of carbonyl (C=O) groups is 2. The van der Waals surface area contributed by atoms with Gasteiger partial charge in [-0.15, -0.1) is 0 Å². The standard InChI is InChI=1S/C18H22N4O2/c1-11-6-12(2)17(13(3)7-11)21-16(23)10-22(5)18(24)15-9-19-14(4)8-20-15/h6-9H,10H2,1-5H3,(H,21,23). The molecule has 126 valence electrons. The third-order valence-corrected chi connectivity index (χ3v) is 3.67. The van der Waals surface area contributed by atoms with Gasteiger partial charge >= 0.3 is 0 Å². The lowest BCUT2D eigenvalue weighted by atomic mass is 10.1. The molecular weight excluding hydrogens is 304 g/mol. The van der Waals surface area contributed by atoms with Crippen molar-refractivity contribution in [1.29, 1.82) is 0 Å². The Bertz CT molecular complexity index is 746. The van der Waals surface area contributed by atoms with Crippen molar-refractivity contribution >= 4 is 17.5 Å². The number of benzene rings is 1. The topological polar surface area (TPSA) is 75.2 Å². The Balaban J connectivity index is 2.04. The number of carbonyl (C=O) groups excluding carboxylic acids is 2. The van der Waals surface area contributed by atoms with Crippen LogP contribution in [0.3, 0.4) is 0 Å². The van der Waals surface area contributed by atoms with Crippen LogP contribution in [0.2, 0.25) is 0 Å². The van der Waals surface area contributed by atoms with Crippen LogP contribution >= 0.6 is 0 Å². The zero-order valence-corrected chi connectivity index (χ0v) is 14.7. The van der Waals surface area contributed by atoms with E-state index in [1.54, 1.807) is 14.0 Å². The van der Waals surface area contributed by atoms with Gasteiger partial charge in [-0.3, -0.25) is 14.6 Å². The molecule has 0 saturated heterocycles. The molecule has 2 amide bonds. The molecule has 1 aromatic carbocycles. The highest BCUT2D eigenvalue weighted by Crippen LogP contribution is 2.21. The van der Waals surface area contributed by atoms with Crippen LogP contribution in [0, 0.1) is 27.7 Å². The van der Waals surface area contributed by atoms with Crippen LogP contribution in [0.5, 0.6) is 0 Å². The summed E-state index contributed by atoms with van der Waals surface area (Å²) in [6.07, 6.45) is 2.94. The lowest BCUT2D eigenvalue weighted by molar-refractivity contribution is -0.116. The van der Waals surface area contributed by atoms with E-state index in [1.807, 2.05) is 32.9 Å². The molecule has 0 saturated carbocycles. The molecule has 2 rings (SSSR count). The molecule has 0 radical (unpaired) electrons. The normalized spacial score (nSPS) is 10.4. The van der Waals surface area contributed by atoms with E-state index in [0.29, 0.717) is 0 Å². The Kier molecular flexibility index (Phi) is 5.28. The summed E-state index contributed by atoms with van der Waals surface area (Å²) >= 11 is 0. The van der Waals surface area contributed by atoms with Crippen LogP contribution in [0.4, 0.5) is 5.69 Å². The van der Waals surface area contributed by atoms with E-state index in [-0.39, 0.29) is 24.1 Å². The van der Waals surface area contributed by atoms with Crippen molar-refractivity contribution in [2.45, 2.75) is 27.7 Å². The zero-order valence-electron chi connectivity index (χ0n) is 14.7. The van der Waals surface area contributed by atoms with E-state index in [9.17, 15) is 9.59 Å². The Morgan fingerprint density at radius 3 is 2.21 bits per heavy atom. The van der Waals surface area contributed by atoms with Gasteiger partial charge in [0, 0.05) is 18.9 Å². The number of nitrogens with zero attached hydrogens (tertiary/aromatic N) is 3. The molecule has 0 fully saturated rings. The Morgan fingerprint density at radius 1 is 1.04 bits per heavy atom. The monoisotopic (exact) mass is 326 g/mol. The van der Waals surface area contributed by atoms with Crippen LogP contribution in [-0.2, 0) is 4.79 Å². The maximum absolute atomic E-state index is 12.3. The van der Waals surface area contributed by atoms with Gasteiger partial charge in [-0.25, -0.2) is 4.98 Å². The number of amides is 2. The van der Waals surface area contributed by atoms with Gasteiger partial charge in [0.1, 0.15) is 5.69 Å². The summed E-state index contributed by atoms with van der Waals surface area (Å²) in [4.78, 5) is 33.9. The molecule has 0 atom stereocenters. The minimum Gasteiger partial charge on any atom is -0.331 e. The first kappa shape index (κ1) is 17.6. The largest absolute Gasteiger partial charge is 0.331 e. The summed E-state index contributed by atoms with van der Waals surface area (Å²) in [5, 5.41) is 2.88. The SMILES string of the molecule is Cc1cc(C)c(NC(=O)CN(C)C(=O)c2cnc(C)cn2)c(C)c1. The maximum Gasteiger partial charge on any atom is 0.274 e. The van der Waals surface area contributed by atoms with Gasteiger partial charge in [-0.1, -0.05) is 17.7 Å². The molecule has 1 N–H and O–H groups in total. The van der Waals surface area contributed by atoms with Gasteiger partial charge in [-0.05, 0) is 38.8 Å². The number of aromatic nitrogens is 2. The van der Waals surface area contributed by atoms with Gasteiger partial charge in [0.25, 0.3) is 5.91 Å². The second-order valence-electron chi connectivity index (χ2n) is 6.03. The van der Waals surface area contributed by atoms with Crippen molar-refractivity contribution in [2.75, 3.05) is 18.9 Å². The number of hydrogen-bond donors (Lipinski definition) is 1. The van der Waals surface area contributed by atoms with Crippen LogP contribution < -0.4 is 5.32 Å². The third-order valence-electron chi connectivity index (χ3n) is 3.67. The molecule has 1 aromatic heterocycles. The lowest BCUT2D eigenvalue weighted by Crippen LogP contribution is -2.35. The van der Waals surface area contributed by atoms with Crippen LogP contribution in [0.15, 0.2) is 24.5 Å². The molecule has 1 heterocycles. The highest BCUT2D eigenvalue weighted by Gasteiger charge is 2.17. The summed E-state index contributed by atoms with van der Waals surface area (Å²) in [6, 6.07) is 4.03. The van der Waals surface area contributed by atoms with E-state index >= 15 is 0 Å². The van der Waals surface area contributed by atoms with Gasteiger partial charge in [0.15, 0.2) is 0 Å². The first-order chi connectivity index (χ1) is 11.3. The number of rotatable bonds is 4. The first-order valence-electron chi connectivity index (χ1n) is 7.69. The van der Waals surface area contributed by atoms with Crippen LogP contribution in [0.1, 0.15) is 32.9 Å². The molecule has 0 unspecified atom stereocenters. The number of anilines is 1. The Labute approximate surface area is 141 Å². The van der Waals surface area contributed by atoms with E-state index in [0.717, 1.165) is 28.1 Å². The minimum atomic E-state index is -0.338. The molecule has 24 heavy (non-hydrogen) atoms. The van der Waals surface area contributed by atoms with Crippen molar-refractivity contribution in [1.82, 2.24) is 14.9 Å². The van der Waals surface area contributed by atoms with E-state index in [1.165, 1.54) is 17.3 Å². The molecule has 0 aliphatic heterocycles. The minimum absolute atomic E-state index is 0.0544. The average Bonchev–Trinajstić information content (AvgIpc) is 2.50. The summed E-state index contributed by atoms with van der Waals surface area (Å²) in [5.41, 5.74) is 4.89. The second kappa shape index (κ2) is 7.21. The summed E-state index contributed by atoms with van der Waals surface area (Å²) in [6.45, 7) is 7.66. The summed E-state index contributed by atoms with van der Waals surface area (Å²) in [7, 11) is 1.57. The fourth-order valence-electron chi connectivity index (χ4n) is 2.54. The van der Waals surface area contributed by atoms with Crippen LogP contribution in [-0.4, -0.2) is 40.3 Å². The number of nitrogens with one attached hydrogen (secondary N) is 1. The van der Waals surface area contributed by atoms with Gasteiger partial charge in [0.05, 0.1) is 18.4 Å². The number of aryl methyl sites for hydroxylation is 4. The highest BCUT2D eigenvalue weighted by molar-refractivity contribution is 5.98. The molecule has 6 nitrogen and oxygen atoms in total. The third kappa shape index (κ3) is 4.16. The van der Waals surface area contributed by atoms with Crippen molar-refractivity contribution in [3.05, 3.63) is 52.6 Å². The Morgan fingerprint density at radius 2 is 1.67 bits per heavy atom. The maximum atomic E-state index is 12.3. The molecular formula is C18H22N4O2. The Hall–Kier alpha value is -2.76. The van der Waals surface area contributed by atoms with E-state index < -0.39 is 0 Å². The molecule has 6 heteroatoms. The second-order valence-corrected chi connectivity index (χ2v) is 6.03. The number of likely N-dealkylation sites (N-methyl/N-ethyl adjacent to an activating group) is 1.